The fourth-order valence-corrected chi connectivity index (χ4v) is 0.781. The highest BCUT2D eigenvalue weighted by atomic mass is 35.5. The third kappa shape index (κ3) is 3.57. The van der Waals surface area contributed by atoms with Crippen molar-refractivity contribution in [1.29, 1.82) is 0 Å². The van der Waals surface area contributed by atoms with Gasteiger partial charge in [0.25, 0.3) is 0 Å². The van der Waals surface area contributed by atoms with Gasteiger partial charge in [-0.25, -0.2) is 5.43 Å². The fourth-order valence-electron chi connectivity index (χ4n) is 0.781. The lowest BCUT2D eigenvalue weighted by Gasteiger charge is -2.16. The maximum absolute atomic E-state index is 3.01. The van der Waals surface area contributed by atoms with Gasteiger partial charge < -0.3 is 10.5 Å². The zero-order chi connectivity index (χ0) is 7.40. The predicted octanol–water partition coefficient (Wildman–Crippen LogP) is 0.854. The lowest BCUT2D eigenvalue weighted by atomic mass is 10.3. The summed E-state index contributed by atoms with van der Waals surface area (Å²) < 4.78 is 0. The van der Waals surface area contributed by atoms with E-state index in [0.29, 0.717) is 0 Å². The van der Waals surface area contributed by atoms with Gasteiger partial charge in [-0.15, -0.1) is 12.4 Å². The number of anilines is 1. The van der Waals surface area contributed by atoms with Crippen molar-refractivity contribution < 1.29 is 5.48 Å². The van der Waals surface area contributed by atoms with Crippen molar-refractivity contribution in [3.05, 3.63) is 30.3 Å². The van der Waals surface area contributed by atoms with Crippen molar-refractivity contribution in [1.82, 2.24) is 5.43 Å². The predicted molar refractivity (Wildman–Crippen MR) is 54.8 cm³/mol. The number of halogens is 1. The number of rotatable bonds is 2. The van der Waals surface area contributed by atoms with E-state index >= 15 is 0 Å². The van der Waals surface area contributed by atoms with Gasteiger partial charge in [0.15, 0.2) is 0 Å². The average Bonchev–Trinajstić information content (AvgIpc) is 2.05. The molecule has 0 atom stereocenters. The third-order valence-corrected chi connectivity index (χ3v) is 1.48. The maximum atomic E-state index is 3.01. The second kappa shape index (κ2) is 6.91. The SMILES string of the molecule is CNN(C)c1ccccc1.Cl.O. The van der Waals surface area contributed by atoms with Crippen molar-refractivity contribution in [2.75, 3.05) is 19.1 Å². The highest BCUT2D eigenvalue weighted by Crippen LogP contribution is 2.07. The van der Waals surface area contributed by atoms with Crippen LogP contribution in [0.15, 0.2) is 30.3 Å². The third-order valence-electron chi connectivity index (χ3n) is 1.48. The molecule has 3 nitrogen and oxygen atoms in total. The van der Waals surface area contributed by atoms with Gasteiger partial charge in [-0.05, 0) is 12.1 Å². The second-order valence-electron chi connectivity index (χ2n) is 2.12. The summed E-state index contributed by atoms with van der Waals surface area (Å²) in [6, 6.07) is 10.1. The number of para-hydroxylation sites is 1. The van der Waals surface area contributed by atoms with E-state index in [4.69, 9.17) is 0 Å². The highest BCUT2D eigenvalue weighted by molar-refractivity contribution is 5.85. The molecule has 0 saturated heterocycles. The van der Waals surface area contributed by atoms with Crippen LogP contribution in [0.2, 0.25) is 0 Å². The van der Waals surface area contributed by atoms with E-state index in [-0.39, 0.29) is 17.9 Å². The summed E-state index contributed by atoms with van der Waals surface area (Å²) in [6.45, 7) is 0. The van der Waals surface area contributed by atoms with Crippen LogP contribution in [0.1, 0.15) is 0 Å². The van der Waals surface area contributed by atoms with Gasteiger partial charge in [0.05, 0.1) is 5.69 Å². The number of nitrogens with one attached hydrogen (secondary N) is 1. The molecule has 0 saturated carbocycles. The van der Waals surface area contributed by atoms with E-state index in [1.165, 1.54) is 5.69 Å². The molecular weight excluding hydrogens is 176 g/mol. The van der Waals surface area contributed by atoms with Crippen LogP contribution in [0.3, 0.4) is 0 Å². The Hall–Kier alpha value is -0.770. The van der Waals surface area contributed by atoms with Crippen molar-refractivity contribution in [3.63, 3.8) is 0 Å². The van der Waals surface area contributed by atoms with Crippen LogP contribution >= 0.6 is 12.4 Å². The molecule has 1 rings (SSSR count). The molecule has 0 radical (unpaired) electrons. The number of nitrogens with zero attached hydrogens (tertiary/aromatic N) is 1. The minimum atomic E-state index is 0. The lowest BCUT2D eigenvalue weighted by Crippen LogP contribution is -2.30. The summed E-state index contributed by atoms with van der Waals surface area (Å²) in [6.07, 6.45) is 0. The first-order chi connectivity index (χ1) is 4.84. The Morgan fingerprint density at radius 1 is 1.17 bits per heavy atom. The average molecular weight is 191 g/mol. The first-order valence-electron chi connectivity index (χ1n) is 3.31. The topological polar surface area (TPSA) is 46.8 Å². The van der Waals surface area contributed by atoms with Gasteiger partial charge >= 0.3 is 0 Å². The minimum absolute atomic E-state index is 0. The van der Waals surface area contributed by atoms with Crippen molar-refractivity contribution in [2.45, 2.75) is 0 Å². The number of benzene rings is 1. The molecule has 3 N–H and O–H groups in total. The summed E-state index contributed by atoms with van der Waals surface area (Å²) in [4.78, 5) is 0. The van der Waals surface area contributed by atoms with Crippen molar-refractivity contribution in [2.24, 2.45) is 0 Å². The molecule has 4 heteroatoms. The van der Waals surface area contributed by atoms with Gasteiger partial charge in [0, 0.05) is 14.1 Å². The summed E-state index contributed by atoms with van der Waals surface area (Å²) in [5.41, 5.74) is 4.19. The van der Waals surface area contributed by atoms with Gasteiger partial charge in [-0.3, -0.25) is 0 Å². The summed E-state index contributed by atoms with van der Waals surface area (Å²) >= 11 is 0. The van der Waals surface area contributed by atoms with E-state index < -0.39 is 0 Å². The quantitative estimate of drug-likeness (QED) is 0.704. The molecule has 0 fully saturated rings. The minimum Gasteiger partial charge on any atom is -0.412 e. The van der Waals surface area contributed by atoms with Gasteiger partial charge in [0.2, 0.25) is 0 Å². The van der Waals surface area contributed by atoms with E-state index in [1.54, 1.807) is 0 Å². The van der Waals surface area contributed by atoms with E-state index in [9.17, 15) is 0 Å². The second-order valence-corrected chi connectivity index (χ2v) is 2.12. The monoisotopic (exact) mass is 190 g/mol. The molecule has 0 aliphatic carbocycles. The van der Waals surface area contributed by atoms with Crippen LogP contribution in [0.25, 0.3) is 0 Å². The fraction of sp³-hybridized carbons (Fsp3) is 0.250. The Kier molecular flexibility index (Phi) is 7.94. The van der Waals surface area contributed by atoms with Crippen molar-refractivity contribution >= 4 is 18.1 Å². The molecule has 1 aromatic rings. The largest absolute Gasteiger partial charge is 0.412 e. The normalized spacial score (nSPS) is 7.83. The number of hydrogen-bond acceptors (Lipinski definition) is 2. The Morgan fingerprint density at radius 2 is 1.67 bits per heavy atom. The molecular formula is C8H15ClN2O. The van der Waals surface area contributed by atoms with Crippen molar-refractivity contribution in [3.8, 4) is 0 Å². The van der Waals surface area contributed by atoms with Crippen LogP contribution in [-0.2, 0) is 0 Å². The Balaban J connectivity index is 0. The molecule has 0 bridgehead atoms. The molecule has 0 aliphatic heterocycles. The Labute approximate surface area is 79.1 Å². The number of hydrazine groups is 1. The maximum Gasteiger partial charge on any atom is 0.0516 e. The summed E-state index contributed by atoms with van der Waals surface area (Å²) in [5, 5.41) is 1.96. The van der Waals surface area contributed by atoms with E-state index in [0.717, 1.165) is 0 Å². The van der Waals surface area contributed by atoms with Gasteiger partial charge in [-0.2, -0.15) is 0 Å². The molecule has 0 spiro atoms. The first kappa shape index (κ1) is 13.8. The smallest absolute Gasteiger partial charge is 0.0516 e. The van der Waals surface area contributed by atoms with Crippen LogP contribution in [0, 0.1) is 0 Å². The van der Waals surface area contributed by atoms with E-state index in [2.05, 4.69) is 17.6 Å². The van der Waals surface area contributed by atoms with Crippen LogP contribution < -0.4 is 10.4 Å². The molecule has 0 amide bonds. The zero-order valence-electron chi connectivity index (χ0n) is 7.24. The molecule has 0 aromatic heterocycles. The zero-order valence-corrected chi connectivity index (χ0v) is 8.06. The lowest BCUT2D eigenvalue weighted by molar-refractivity contribution is 0.791. The summed E-state index contributed by atoms with van der Waals surface area (Å²) in [5.74, 6) is 0. The van der Waals surface area contributed by atoms with Gasteiger partial charge in [-0.1, -0.05) is 18.2 Å². The highest BCUT2D eigenvalue weighted by Gasteiger charge is 1.92. The number of hydrogen-bond donors (Lipinski definition) is 1. The van der Waals surface area contributed by atoms with Crippen LogP contribution in [0.4, 0.5) is 5.69 Å². The van der Waals surface area contributed by atoms with Gasteiger partial charge in [0.1, 0.15) is 0 Å². The molecule has 0 heterocycles. The van der Waals surface area contributed by atoms with E-state index in [1.807, 2.05) is 37.3 Å². The molecule has 1 aromatic carbocycles. The Morgan fingerprint density at radius 3 is 2.08 bits per heavy atom. The molecule has 12 heavy (non-hydrogen) atoms. The summed E-state index contributed by atoms with van der Waals surface area (Å²) in [7, 11) is 3.88. The molecule has 0 aliphatic rings. The molecule has 0 unspecified atom stereocenters. The molecule has 70 valence electrons. The Bertz CT molecular complexity index is 194. The van der Waals surface area contributed by atoms with Crippen LogP contribution in [-0.4, -0.2) is 19.6 Å². The standard InChI is InChI=1S/C8H12N2.ClH.H2O/c1-9-10(2)8-6-4-3-5-7-8;;/h3-7,9H,1-2H3;1H;1H2. The first-order valence-corrected chi connectivity index (χ1v) is 3.31. The van der Waals surface area contributed by atoms with Crippen LogP contribution in [0.5, 0.6) is 0 Å².